The molecule has 31 heavy (non-hydrogen) atoms. The zero-order valence-corrected chi connectivity index (χ0v) is 17.2. The second-order valence-corrected chi connectivity index (χ2v) is 8.78. The van der Waals surface area contributed by atoms with Gasteiger partial charge >= 0.3 is 6.55 Å². The standard InChI is InChI=1S/C20H18F3N5O2S/c1-31(29,30)16-7-3-5-14(9-16)11-25-18-17(21)12-26-20(27-18)28(19(22)23)15-6-2-4-13(8-15)10-24/h2-5,7-9,12,15,19H,6,11H2,1H3,(H,25,26,27). The molecule has 0 saturated carbocycles. The van der Waals surface area contributed by atoms with Crippen molar-refractivity contribution < 1.29 is 21.6 Å². The second-order valence-electron chi connectivity index (χ2n) is 6.76. The average Bonchev–Trinajstić information content (AvgIpc) is 2.73. The minimum atomic E-state index is -3.41. The van der Waals surface area contributed by atoms with Gasteiger partial charge in [-0.05, 0) is 36.3 Å². The Morgan fingerprint density at radius 1 is 1.39 bits per heavy atom. The molecule has 1 aromatic heterocycles. The Bertz CT molecular complexity index is 1180. The van der Waals surface area contributed by atoms with E-state index in [9.17, 15) is 21.6 Å². The van der Waals surface area contributed by atoms with Gasteiger partial charge in [-0.25, -0.2) is 17.8 Å². The van der Waals surface area contributed by atoms with Gasteiger partial charge in [-0.1, -0.05) is 18.2 Å². The molecule has 1 aliphatic rings. The molecule has 0 saturated heterocycles. The van der Waals surface area contributed by atoms with Crippen molar-refractivity contribution in [3.63, 3.8) is 0 Å². The van der Waals surface area contributed by atoms with E-state index < -0.39 is 34.2 Å². The van der Waals surface area contributed by atoms with Gasteiger partial charge in [0.25, 0.3) is 0 Å². The van der Waals surface area contributed by atoms with Crippen molar-refractivity contribution in [2.45, 2.75) is 30.5 Å². The molecular weight excluding hydrogens is 431 g/mol. The first-order valence-electron chi connectivity index (χ1n) is 9.09. The van der Waals surface area contributed by atoms with Crippen LogP contribution in [-0.2, 0) is 16.4 Å². The molecule has 0 aliphatic heterocycles. The van der Waals surface area contributed by atoms with Crippen molar-refractivity contribution in [2.24, 2.45) is 0 Å². The number of anilines is 2. The van der Waals surface area contributed by atoms with E-state index in [1.54, 1.807) is 18.2 Å². The summed E-state index contributed by atoms with van der Waals surface area (Å²) in [6.45, 7) is -2.98. The third-order valence-electron chi connectivity index (χ3n) is 4.49. The smallest absolute Gasteiger partial charge is 0.318 e. The summed E-state index contributed by atoms with van der Waals surface area (Å²) in [6, 6.07) is 7.07. The lowest BCUT2D eigenvalue weighted by Crippen LogP contribution is -2.40. The summed E-state index contributed by atoms with van der Waals surface area (Å²) in [5.41, 5.74) is 0.764. The fraction of sp³-hybridized carbons (Fsp3) is 0.250. The van der Waals surface area contributed by atoms with E-state index in [2.05, 4.69) is 15.3 Å². The minimum Gasteiger partial charge on any atom is -0.363 e. The molecule has 11 heteroatoms. The fourth-order valence-electron chi connectivity index (χ4n) is 2.99. The highest BCUT2D eigenvalue weighted by Crippen LogP contribution is 2.26. The topological polar surface area (TPSA) is 99.0 Å². The predicted molar refractivity (Wildman–Crippen MR) is 109 cm³/mol. The molecule has 162 valence electrons. The number of hydrogen-bond acceptors (Lipinski definition) is 7. The lowest BCUT2D eigenvalue weighted by Gasteiger charge is -2.29. The van der Waals surface area contributed by atoms with Crippen molar-refractivity contribution in [3.8, 4) is 6.07 Å². The van der Waals surface area contributed by atoms with E-state index in [1.807, 2.05) is 6.07 Å². The first-order valence-corrected chi connectivity index (χ1v) is 11.0. The zero-order valence-electron chi connectivity index (χ0n) is 16.3. The molecule has 2 aromatic rings. The summed E-state index contributed by atoms with van der Waals surface area (Å²) < 4.78 is 65.1. The van der Waals surface area contributed by atoms with Gasteiger partial charge in [0.2, 0.25) is 5.95 Å². The number of aromatic nitrogens is 2. The molecule has 0 amide bonds. The van der Waals surface area contributed by atoms with Crippen molar-refractivity contribution >= 4 is 21.6 Å². The maximum atomic E-state index is 14.2. The summed E-state index contributed by atoms with van der Waals surface area (Å²) in [4.78, 5) is 8.30. The maximum Gasteiger partial charge on any atom is 0.318 e. The lowest BCUT2D eigenvalue weighted by atomic mass is 10.0. The first kappa shape index (κ1) is 22.3. The molecule has 0 radical (unpaired) electrons. The maximum absolute atomic E-state index is 14.2. The van der Waals surface area contributed by atoms with E-state index in [4.69, 9.17) is 5.26 Å². The lowest BCUT2D eigenvalue weighted by molar-refractivity contribution is 0.133. The van der Waals surface area contributed by atoms with Gasteiger partial charge in [-0.15, -0.1) is 0 Å². The largest absolute Gasteiger partial charge is 0.363 e. The van der Waals surface area contributed by atoms with E-state index in [-0.39, 0.29) is 29.3 Å². The van der Waals surface area contributed by atoms with Crippen molar-refractivity contribution in [1.82, 2.24) is 9.97 Å². The molecular formula is C20H18F3N5O2S. The Balaban J connectivity index is 1.85. The van der Waals surface area contributed by atoms with Crippen LogP contribution in [0.5, 0.6) is 0 Å². The van der Waals surface area contributed by atoms with Crippen molar-refractivity contribution in [3.05, 3.63) is 65.6 Å². The van der Waals surface area contributed by atoms with Crippen LogP contribution in [0, 0.1) is 17.1 Å². The van der Waals surface area contributed by atoms with Crippen LogP contribution < -0.4 is 10.2 Å². The summed E-state index contributed by atoms with van der Waals surface area (Å²) in [5, 5.41) is 11.7. The molecule has 1 aromatic carbocycles. The molecule has 3 rings (SSSR count). The first-order chi connectivity index (χ1) is 14.7. The van der Waals surface area contributed by atoms with Gasteiger partial charge in [0.15, 0.2) is 21.5 Å². The average molecular weight is 449 g/mol. The summed E-state index contributed by atoms with van der Waals surface area (Å²) in [7, 11) is -3.41. The third-order valence-corrected chi connectivity index (χ3v) is 5.60. The Kier molecular flexibility index (Phi) is 6.60. The number of rotatable bonds is 7. The van der Waals surface area contributed by atoms with E-state index in [1.165, 1.54) is 24.3 Å². The molecule has 1 unspecified atom stereocenters. The SMILES string of the molecule is CS(=O)(=O)c1cccc(CNc2nc(N(C(F)F)C3C=C(C#N)C=CC3)ncc2F)c1. The van der Waals surface area contributed by atoms with E-state index >= 15 is 0 Å². The Morgan fingerprint density at radius 3 is 2.84 bits per heavy atom. The van der Waals surface area contributed by atoms with Crippen LogP contribution in [0.2, 0.25) is 0 Å². The normalized spacial score (nSPS) is 16.0. The number of sulfone groups is 1. The van der Waals surface area contributed by atoms with Crippen molar-refractivity contribution in [2.75, 3.05) is 16.5 Å². The number of alkyl halides is 2. The molecule has 7 nitrogen and oxygen atoms in total. The van der Waals surface area contributed by atoms with Crippen LogP contribution in [0.25, 0.3) is 0 Å². The van der Waals surface area contributed by atoms with Crippen molar-refractivity contribution in [1.29, 1.82) is 5.26 Å². The molecule has 0 fully saturated rings. The van der Waals surface area contributed by atoms with Crippen LogP contribution >= 0.6 is 0 Å². The number of nitrogens with one attached hydrogen (secondary N) is 1. The zero-order chi connectivity index (χ0) is 22.6. The van der Waals surface area contributed by atoms with Gasteiger partial charge in [-0.3, -0.25) is 4.90 Å². The highest BCUT2D eigenvalue weighted by atomic mass is 32.2. The van der Waals surface area contributed by atoms with Crippen LogP contribution in [0.15, 0.2) is 59.2 Å². The summed E-state index contributed by atoms with van der Waals surface area (Å²) in [5.74, 6) is -1.57. The quantitative estimate of drug-likeness (QED) is 0.647. The Morgan fingerprint density at radius 2 is 2.16 bits per heavy atom. The molecule has 0 spiro atoms. The number of nitriles is 1. The van der Waals surface area contributed by atoms with Crippen LogP contribution in [0.4, 0.5) is 24.9 Å². The summed E-state index contributed by atoms with van der Waals surface area (Å²) >= 11 is 0. The predicted octanol–water partition coefficient (Wildman–Crippen LogP) is 3.44. The summed E-state index contributed by atoms with van der Waals surface area (Å²) in [6.07, 6.45) is 6.56. The number of benzene rings is 1. The third kappa shape index (κ3) is 5.40. The number of hydrogen-bond donors (Lipinski definition) is 1. The van der Waals surface area contributed by atoms with Gasteiger partial charge in [0, 0.05) is 18.4 Å². The molecule has 0 bridgehead atoms. The Hall–Kier alpha value is -3.39. The second kappa shape index (κ2) is 9.18. The monoisotopic (exact) mass is 449 g/mol. The van der Waals surface area contributed by atoms with E-state index in [0.29, 0.717) is 10.5 Å². The number of halogens is 3. The molecule has 1 aliphatic carbocycles. The molecule has 1 atom stereocenters. The van der Waals surface area contributed by atoms with Crippen LogP contribution in [0.1, 0.15) is 12.0 Å². The van der Waals surface area contributed by atoms with Gasteiger partial charge in [0.05, 0.1) is 23.2 Å². The number of allylic oxidation sites excluding steroid dienone is 2. The highest BCUT2D eigenvalue weighted by molar-refractivity contribution is 7.90. The van der Waals surface area contributed by atoms with E-state index in [0.717, 1.165) is 12.5 Å². The van der Waals surface area contributed by atoms with Crippen LogP contribution in [0.3, 0.4) is 0 Å². The molecule has 1 heterocycles. The highest BCUT2D eigenvalue weighted by Gasteiger charge is 2.29. The van der Waals surface area contributed by atoms with Gasteiger partial charge in [-0.2, -0.15) is 19.0 Å². The fourth-order valence-corrected chi connectivity index (χ4v) is 3.68. The van der Waals surface area contributed by atoms with Crippen LogP contribution in [-0.4, -0.2) is 37.2 Å². The molecule has 1 N–H and O–H groups in total. The van der Waals surface area contributed by atoms with Gasteiger partial charge < -0.3 is 5.32 Å². The Labute approximate surface area is 177 Å². The van der Waals surface area contributed by atoms with Gasteiger partial charge in [0.1, 0.15) is 0 Å². The minimum absolute atomic E-state index is 0.00998. The number of nitrogens with zero attached hydrogens (tertiary/aromatic N) is 4.